The lowest BCUT2D eigenvalue weighted by Crippen LogP contribution is -2.60. The van der Waals surface area contributed by atoms with Crippen LogP contribution in [0.4, 0.5) is 9.59 Å². The maximum atomic E-state index is 14.5. The van der Waals surface area contributed by atoms with Crippen LogP contribution in [0.5, 0.6) is 0 Å². The number of ether oxygens (including phenoxy) is 2. The number of carbonyl (C=O) groups excluding carboxylic acids is 4. The van der Waals surface area contributed by atoms with Gasteiger partial charge in [-0.3, -0.25) is 9.59 Å². The molecule has 59 heavy (non-hydrogen) atoms. The van der Waals surface area contributed by atoms with Crippen LogP contribution in [0.2, 0.25) is 0 Å². The van der Waals surface area contributed by atoms with E-state index in [0.717, 1.165) is 18.4 Å². The van der Waals surface area contributed by atoms with E-state index in [1.165, 1.54) is 5.06 Å². The summed E-state index contributed by atoms with van der Waals surface area (Å²) in [6.45, 7) is 25.1. The number of hydroxylamine groups is 2. The molecular weight excluding hydrogens is 749 g/mol. The van der Waals surface area contributed by atoms with Crippen LogP contribution in [-0.4, -0.2) is 105 Å². The smallest absolute Gasteiger partial charge is 0.408 e. The molecule has 13 heteroatoms. The van der Waals surface area contributed by atoms with Crippen molar-refractivity contribution in [3.63, 3.8) is 0 Å². The van der Waals surface area contributed by atoms with Crippen LogP contribution in [0.1, 0.15) is 140 Å². The summed E-state index contributed by atoms with van der Waals surface area (Å²) in [5.41, 5.74) is -0.835. The molecule has 4 atom stereocenters. The second-order valence-electron chi connectivity index (χ2n) is 20.4. The molecule has 0 saturated carbocycles. The van der Waals surface area contributed by atoms with E-state index in [0.29, 0.717) is 64.6 Å². The van der Waals surface area contributed by atoms with Crippen LogP contribution in [0.3, 0.4) is 0 Å². The number of hydrogen-bond donors (Lipinski definition) is 5. The number of unbranched alkanes of at least 4 members (excludes halogenated alkanes) is 1. The SMILES string of the molecule is CC(C)C[C@@H](/C=C/[C@H](Cc1ccccc1)C(=O)N1CCC[C@H]1C(=O)N[C@@H](CCCCNC(=O)OC1CC(C)(C)N(O)C(C)(C)C1)CNC(C)(C)C)NC(=O)OC(C)(C)C. The highest BCUT2D eigenvalue weighted by atomic mass is 16.6. The van der Waals surface area contributed by atoms with Crippen molar-refractivity contribution < 1.29 is 33.9 Å². The van der Waals surface area contributed by atoms with Crippen molar-refractivity contribution in [1.29, 1.82) is 0 Å². The molecule has 0 unspecified atom stereocenters. The van der Waals surface area contributed by atoms with Crippen molar-refractivity contribution in [2.24, 2.45) is 11.8 Å². The Morgan fingerprint density at radius 1 is 0.915 bits per heavy atom. The van der Waals surface area contributed by atoms with Gasteiger partial charge in [-0.05, 0) is 126 Å². The minimum atomic E-state index is -0.641. The predicted molar refractivity (Wildman–Crippen MR) is 233 cm³/mol. The molecule has 2 fully saturated rings. The minimum Gasteiger partial charge on any atom is -0.446 e. The fraction of sp³-hybridized carbons (Fsp3) is 0.739. The average Bonchev–Trinajstić information content (AvgIpc) is 3.60. The molecule has 0 aliphatic carbocycles. The lowest BCUT2D eigenvalue weighted by atomic mass is 9.80. The van der Waals surface area contributed by atoms with Crippen LogP contribution < -0.4 is 21.3 Å². The van der Waals surface area contributed by atoms with Gasteiger partial charge in [-0.15, -0.1) is 0 Å². The molecule has 3 rings (SSSR count). The van der Waals surface area contributed by atoms with Gasteiger partial charge in [0.1, 0.15) is 17.7 Å². The number of rotatable bonds is 18. The molecule has 2 heterocycles. The minimum absolute atomic E-state index is 0.111. The van der Waals surface area contributed by atoms with E-state index in [9.17, 15) is 24.4 Å². The largest absolute Gasteiger partial charge is 0.446 e. The Morgan fingerprint density at radius 2 is 1.56 bits per heavy atom. The zero-order chi connectivity index (χ0) is 44.2. The van der Waals surface area contributed by atoms with Gasteiger partial charge in [0.15, 0.2) is 0 Å². The molecule has 5 N–H and O–H groups in total. The number of alkyl carbamates (subject to hydrolysis) is 2. The molecular formula is C46H78N6O7. The van der Waals surface area contributed by atoms with Gasteiger partial charge in [0.2, 0.25) is 11.8 Å². The molecule has 13 nitrogen and oxygen atoms in total. The number of hydrogen-bond acceptors (Lipinski definition) is 9. The molecule has 1 aromatic rings. The molecule has 2 saturated heterocycles. The molecule has 1 aromatic carbocycles. The van der Waals surface area contributed by atoms with E-state index >= 15 is 0 Å². The van der Waals surface area contributed by atoms with E-state index in [2.05, 4.69) is 55.9 Å². The van der Waals surface area contributed by atoms with Crippen molar-refractivity contribution in [2.45, 2.75) is 187 Å². The summed E-state index contributed by atoms with van der Waals surface area (Å²) < 4.78 is 11.3. The normalized spacial score (nSPS) is 20.2. The highest BCUT2D eigenvalue weighted by Crippen LogP contribution is 2.38. The Kier molecular flexibility index (Phi) is 18.3. The van der Waals surface area contributed by atoms with E-state index in [1.54, 1.807) is 4.90 Å². The molecule has 334 valence electrons. The summed E-state index contributed by atoms with van der Waals surface area (Å²) in [6.07, 6.45) is 8.16. The first-order chi connectivity index (χ1) is 27.3. The molecule has 0 aromatic heterocycles. The Hall–Kier alpha value is -3.68. The number of likely N-dealkylation sites (tertiary alicyclic amines) is 1. The van der Waals surface area contributed by atoms with E-state index < -0.39 is 40.8 Å². The van der Waals surface area contributed by atoms with Gasteiger partial charge in [-0.25, -0.2) is 9.59 Å². The van der Waals surface area contributed by atoms with Crippen molar-refractivity contribution in [3.05, 3.63) is 48.0 Å². The maximum Gasteiger partial charge on any atom is 0.408 e. The van der Waals surface area contributed by atoms with Gasteiger partial charge in [0.05, 0.1) is 12.0 Å². The van der Waals surface area contributed by atoms with Crippen molar-refractivity contribution >= 4 is 24.0 Å². The lowest BCUT2D eigenvalue weighted by Gasteiger charge is -2.50. The van der Waals surface area contributed by atoms with Crippen LogP contribution in [0.15, 0.2) is 42.5 Å². The van der Waals surface area contributed by atoms with Gasteiger partial charge >= 0.3 is 12.2 Å². The first-order valence-electron chi connectivity index (χ1n) is 21.9. The van der Waals surface area contributed by atoms with Crippen molar-refractivity contribution in [2.75, 3.05) is 19.6 Å². The van der Waals surface area contributed by atoms with Gasteiger partial charge in [0.25, 0.3) is 0 Å². The lowest BCUT2D eigenvalue weighted by molar-refractivity contribution is -0.256. The Balaban J connectivity index is 1.66. The Morgan fingerprint density at radius 3 is 2.15 bits per heavy atom. The zero-order valence-electron chi connectivity index (χ0n) is 38.3. The second kappa shape index (κ2) is 21.7. The van der Waals surface area contributed by atoms with Crippen LogP contribution >= 0.6 is 0 Å². The topological polar surface area (TPSA) is 162 Å². The van der Waals surface area contributed by atoms with Gasteiger partial charge in [-0.1, -0.05) is 56.3 Å². The van der Waals surface area contributed by atoms with Crippen LogP contribution in [0, 0.1) is 11.8 Å². The highest BCUT2D eigenvalue weighted by Gasteiger charge is 2.46. The number of piperidine rings is 1. The van der Waals surface area contributed by atoms with Crippen molar-refractivity contribution in [3.8, 4) is 0 Å². The monoisotopic (exact) mass is 827 g/mol. The highest BCUT2D eigenvalue weighted by molar-refractivity contribution is 5.90. The summed E-state index contributed by atoms with van der Waals surface area (Å²) in [5.74, 6) is -0.534. The van der Waals surface area contributed by atoms with E-state index in [1.807, 2.05) is 91.0 Å². The third-order valence-electron chi connectivity index (χ3n) is 10.8. The summed E-state index contributed by atoms with van der Waals surface area (Å²) in [6, 6.07) is 8.74. The summed E-state index contributed by atoms with van der Waals surface area (Å²) >= 11 is 0. The first kappa shape index (κ1) is 49.7. The van der Waals surface area contributed by atoms with Crippen LogP contribution in [0.25, 0.3) is 0 Å². The average molecular weight is 827 g/mol. The fourth-order valence-electron chi connectivity index (χ4n) is 8.16. The summed E-state index contributed by atoms with van der Waals surface area (Å²) in [7, 11) is 0. The molecule has 4 amide bonds. The molecule has 0 bridgehead atoms. The van der Waals surface area contributed by atoms with Gasteiger partial charge < -0.3 is 40.8 Å². The number of benzene rings is 1. The quantitative estimate of drug-likeness (QED) is 0.0745. The summed E-state index contributed by atoms with van der Waals surface area (Å²) in [4.78, 5) is 55.8. The molecule has 0 spiro atoms. The van der Waals surface area contributed by atoms with Gasteiger partial charge in [0, 0.05) is 55.1 Å². The van der Waals surface area contributed by atoms with E-state index in [-0.39, 0.29) is 41.5 Å². The van der Waals surface area contributed by atoms with Gasteiger partial charge in [-0.2, -0.15) is 5.06 Å². The fourth-order valence-corrected chi connectivity index (χ4v) is 8.16. The molecule has 0 radical (unpaired) electrons. The number of nitrogens with zero attached hydrogens (tertiary/aromatic N) is 2. The number of nitrogens with one attached hydrogen (secondary N) is 4. The maximum absolute atomic E-state index is 14.5. The summed E-state index contributed by atoms with van der Waals surface area (Å²) in [5, 5.41) is 24.6. The number of amides is 4. The van der Waals surface area contributed by atoms with Crippen LogP contribution in [-0.2, 0) is 25.5 Å². The standard InChI is InChI=1S/C46H78N6O7/c1-32(2)27-35(50-42(56)59-44(6,7)8)24-23-34(28-33-19-14-13-15-20-33)40(54)51-26-18-22-38(51)39(53)49-36(31-48-43(3,4)5)21-16-17-25-47-41(55)58-37-29-45(9,10)52(57)46(11,12)30-37/h13-15,19-20,23-24,32,34-38,48,57H,16-18,21-22,25-31H2,1-12H3,(H,47,55)(H,49,53)(H,50,56)/b24-23+/t34-,35-,36+,38+/m1/s1. The second-order valence-corrected chi connectivity index (χ2v) is 20.4. The molecule has 2 aliphatic rings. The van der Waals surface area contributed by atoms with Crippen molar-refractivity contribution in [1.82, 2.24) is 31.2 Å². The Labute approximate surface area is 355 Å². The third kappa shape index (κ3) is 17.4. The van der Waals surface area contributed by atoms with E-state index in [4.69, 9.17) is 9.47 Å². The third-order valence-corrected chi connectivity index (χ3v) is 10.8. The number of carbonyl (C=O) groups is 4. The molecule has 2 aliphatic heterocycles. The zero-order valence-corrected chi connectivity index (χ0v) is 38.3. The predicted octanol–water partition coefficient (Wildman–Crippen LogP) is 7.51. The Bertz CT molecular complexity index is 1520. The first-order valence-corrected chi connectivity index (χ1v) is 21.9.